The van der Waals surface area contributed by atoms with Crippen LogP contribution in [0.3, 0.4) is 0 Å². The Kier molecular flexibility index (Phi) is 5.31. The number of rotatable bonds is 5. The highest BCUT2D eigenvalue weighted by Crippen LogP contribution is 2.29. The SMILES string of the molecule is CC[C@H](Nc1ncnc2nc[nH]c12)c1nc2ccc(F)c(C)c2c(=O)n1-c1c(C)cccc1C. The molecular weight excluding hydrogens is 433 g/mol. The number of anilines is 1. The molecule has 0 aliphatic heterocycles. The van der Waals surface area contributed by atoms with E-state index in [1.165, 1.54) is 12.4 Å². The first-order valence-electron chi connectivity index (χ1n) is 11.1. The highest BCUT2D eigenvalue weighted by molar-refractivity contribution is 5.83. The molecule has 0 amide bonds. The number of fused-ring (bicyclic) bond motifs is 2. The third kappa shape index (κ3) is 3.40. The summed E-state index contributed by atoms with van der Waals surface area (Å²) in [4.78, 5) is 34.7. The standard InChI is InChI=1S/C25H24FN7O/c1-5-17(31-23-20-22(28-11-27-20)29-12-30-23)24-32-18-10-9-16(26)15(4)19(18)25(34)33(24)21-13(2)7-6-8-14(21)3/h6-12,17H,5H2,1-4H3,(H2,27,28,29,30,31)/t17-/m0/s1. The maximum absolute atomic E-state index is 14.4. The van der Waals surface area contributed by atoms with Gasteiger partial charge in [-0.2, -0.15) is 0 Å². The molecule has 2 N–H and O–H groups in total. The molecule has 34 heavy (non-hydrogen) atoms. The Bertz CT molecular complexity index is 1580. The van der Waals surface area contributed by atoms with Crippen LogP contribution in [0.25, 0.3) is 27.8 Å². The number of hydrogen-bond donors (Lipinski definition) is 2. The van der Waals surface area contributed by atoms with Gasteiger partial charge in [-0.1, -0.05) is 25.1 Å². The summed E-state index contributed by atoms with van der Waals surface area (Å²) in [6, 6.07) is 8.39. The molecule has 1 atom stereocenters. The maximum atomic E-state index is 14.4. The fourth-order valence-electron chi connectivity index (χ4n) is 4.42. The highest BCUT2D eigenvalue weighted by atomic mass is 19.1. The fourth-order valence-corrected chi connectivity index (χ4v) is 4.42. The predicted octanol–water partition coefficient (Wildman–Crippen LogP) is 4.68. The second-order valence-corrected chi connectivity index (χ2v) is 8.35. The topological polar surface area (TPSA) is 101 Å². The van der Waals surface area contributed by atoms with Gasteiger partial charge in [-0.05, 0) is 56.0 Å². The Morgan fingerprint density at radius 1 is 1.09 bits per heavy atom. The van der Waals surface area contributed by atoms with Crippen molar-refractivity contribution < 1.29 is 4.39 Å². The van der Waals surface area contributed by atoms with Gasteiger partial charge in [-0.25, -0.2) is 24.3 Å². The van der Waals surface area contributed by atoms with Crippen molar-refractivity contribution in [2.75, 3.05) is 5.32 Å². The fraction of sp³-hybridized carbons (Fsp3) is 0.240. The lowest BCUT2D eigenvalue weighted by molar-refractivity contribution is 0.619. The third-order valence-electron chi connectivity index (χ3n) is 6.17. The van der Waals surface area contributed by atoms with Crippen molar-refractivity contribution in [2.45, 2.75) is 40.2 Å². The van der Waals surface area contributed by atoms with E-state index in [1.54, 1.807) is 23.9 Å². The van der Waals surface area contributed by atoms with Gasteiger partial charge in [0, 0.05) is 0 Å². The number of nitrogens with zero attached hydrogens (tertiary/aromatic N) is 5. The summed E-state index contributed by atoms with van der Waals surface area (Å²) in [5, 5.41) is 3.70. The predicted molar refractivity (Wildman–Crippen MR) is 130 cm³/mol. The second kappa shape index (κ2) is 8.33. The van der Waals surface area contributed by atoms with Crippen LogP contribution in [0, 0.1) is 26.6 Å². The summed E-state index contributed by atoms with van der Waals surface area (Å²) in [5.41, 5.74) is 4.24. The minimum Gasteiger partial charge on any atom is -0.358 e. The molecule has 5 aromatic rings. The molecule has 0 saturated heterocycles. The number of imidazole rings is 1. The number of benzene rings is 2. The van der Waals surface area contributed by atoms with Gasteiger partial charge in [0.15, 0.2) is 11.5 Å². The van der Waals surface area contributed by atoms with E-state index < -0.39 is 5.82 Å². The van der Waals surface area contributed by atoms with E-state index in [0.717, 1.165) is 16.8 Å². The summed E-state index contributed by atoms with van der Waals surface area (Å²) in [6.07, 6.45) is 3.61. The molecule has 0 bridgehead atoms. The summed E-state index contributed by atoms with van der Waals surface area (Å²) >= 11 is 0. The first-order valence-corrected chi connectivity index (χ1v) is 11.1. The number of halogens is 1. The number of aromatic nitrogens is 6. The van der Waals surface area contributed by atoms with E-state index in [2.05, 4.69) is 25.3 Å². The first-order chi connectivity index (χ1) is 16.4. The molecule has 0 saturated carbocycles. The van der Waals surface area contributed by atoms with Crippen LogP contribution in [0.1, 0.15) is 41.9 Å². The Balaban J connectivity index is 1.81. The zero-order valence-electron chi connectivity index (χ0n) is 19.3. The molecule has 9 heteroatoms. The molecule has 2 aromatic carbocycles. The number of para-hydroxylation sites is 1. The average molecular weight is 458 g/mol. The minimum atomic E-state index is -0.431. The van der Waals surface area contributed by atoms with Crippen LogP contribution in [-0.4, -0.2) is 29.5 Å². The van der Waals surface area contributed by atoms with Gasteiger partial charge in [-0.15, -0.1) is 0 Å². The lowest BCUT2D eigenvalue weighted by atomic mass is 10.1. The van der Waals surface area contributed by atoms with Crippen LogP contribution in [0.15, 0.2) is 47.8 Å². The van der Waals surface area contributed by atoms with Crippen LogP contribution < -0.4 is 10.9 Å². The van der Waals surface area contributed by atoms with Gasteiger partial charge < -0.3 is 10.3 Å². The highest BCUT2D eigenvalue weighted by Gasteiger charge is 2.24. The van der Waals surface area contributed by atoms with Crippen molar-refractivity contribution in [3.8, 4) is 5.69 Å². The smallest absolute Gasteiger partial charge is 0.266 e. The number of nitrogens with one attached hydrogen (secondary N) is 2. The van der Waals surface area contributed by atoms with E-state index in [9.17, 15) is 9.18 Å². The zero-order chi connectivity index (χ0) is 24.0. The molecule has 172 valence electrons. The van der Waals surface area contributed by atoms with Crippen LogP contribution in [0.4, 0.5) is 10.2 Å². The Morgan fingerprint density at radius 3 is 2.59 bits per heavy atom. The lowest BCUT2D eigenvalue weighted by Gasteiger charge is -2.24. The normalized spacial score (nSPS) is 12.4. The maximum Gasteiger partial charge on any atom is 0.266 e. The van der Waals surface area contributed by atoms with Crippen LogP contribution in [0.5, 0.6) is 0 Å². The Hall–Kier alpha value is -4.14. The van der Waals surface area contributed by atoms with Crippen molar-refractivity contribution in [1.82, 2.24) is 29.5 Å². The largest absolute Gasteiger partial charge is 0.358 e. The van der Waals surface area contributed by atoms with Crippen LogP contribution in [-0.2, 0) is 0 Å². The van der Waals surface area contributed by atoms with E-state index in [4.69, 9.17) is 4.98 Å². The molecule has 3 heterocycles. The molecule has 8 nitrogen and oxygen atoms in total. The minimum absolute atomic E-state index is 0.277. The molecule has 0 radical (unpaired) electrons. The first kappa shape index (κ1) is 21.7. The van der Waals surface area contributed by atoms with Gasteiger partial charge in [0.05, 0.1) is 29.0 Å². The zero-order valence-corrected chi connectivity index (χ0v) is 19.3. The summed E-state index contributed by atoms with van der Waals surface area (Å²) in [7, 11) is 0. The van der Waals surface area contributed by atoms with Crippen LogP contribution in [0.2, 0.25) is 0 Å². The quantitative estimate of drug-likeness (QED) is 0.397. The monoisotopic (exact) mass is 457 g/mol. The summed E-state index contributed by atoms with van der Waals surface area (Å²) < 4.78 is 16.1. The van der Waals surface area contributed by atoms with Crippen molar-refractivity contribution >= 4 is 27.9 Å². The van der Waals surface area contributed by atoms with E-state index >= 15 is 0 Å². The lowest BCUT2D eigenvalue weighted by Crippen LogP contribution is -2.30. The van der Waals surface area contributed by atoms with Gasteiger partial charge >= 0.3 is 0 Å². The molecule has 0 aliphatic rings. The summed E-state index contributed by atoms with van der Waals surface area (Å²) in [6.45, 7) is 7.52. The number of aromatic amines is 1. The molecule has 0 aliphatic carbocycles. The van der Waals surface area contributed by atoms with E-state index in [-0.39, 0.29) is 22.6 Å². The molecule has 3 aromatic heterocycles. The van der Waals surface area contributed by atoms with Crippen LogP contribution >= 0.6 is 0 Å². The molecule has 0 fully saturated rings. The number of H-pyrrole nitrogens is 1. The van der Waals surface area contributed by atoms with Crippen molar-refractivity contribution in [1.29, 1.82) is 0 Å². The Labute approximate surface area is 194 Å². The van der Waals surface area contributed by atoms with Gasteiger partial charge in [0.1, 0.15) is 23.5 Å². The van der Waals surface area contributed by atoms with Crippen molar-refractivity contribution in [3.05, 3.63) is 81.7 Å². The van der Waals surface area contributed by atoms with Crippen molar-refractivity contribution in [2.24, 2.45) is 0 Å². The molecule has 5 rings (SSSR count). The molecule has 0 spiro atoms. The third-order valence-corrected chi connectivity index (χ3v) is 6.17. The Morgan fingerprint density at radius 2 is 1.85 bits per heavy atom. The average Bonchev–Trinajstić information content (AvgIpc) is 3.30. The van der Waals surface area contributed by atoms with Gasteiger partial charge in [-0.3, -0.25) is 9.36 Å². The van der Waals surface area contributed by atoms with E-state index in [0.29, 0.717) is 34.7 Å². The van der Waals surface area contributed by atoms with E-state index in [1.807, 2.05) is 39.0 Å². The van der Waals surface area contributed by atoms with Crippen molar-refractivity contribution in [3.63, 3.8) is 0 Å². The molecule has 0 unspecified atom stereocenters. The second-order valence-electron chi connectivity index (χ2n) is 8.35. The number of hydrogen-bond acceptors (Lipinski definition) is 6. The molecular formula is C25H24FN7O. The van der Waals surface area contributed by atoms with Gasteiger partial charge in [0.2, 0.25) is 0 Å². The van der Waals surface area contributed by atoms with Gasteiger partial charge in [0.25, 0.3) is 5.56 Å². The number of aryl methyl sites for hydroxylation is 3. The summed E-state index contributed by atoms with van der Waals surface area (Å²) in [5.74, 6) is 0.654.